The molecule has 0 bridgehead atoms. The summed E-state index contributed by atoms with van der Waals surface area (Å²) >= 11 is 0. The first-order chi connectivity index (χ1) is 6.34. The molecule has 1 heterocycles. The van der Waals surface area contributed by atoms with Gasteiger partial charge in [0.25, 0.3) is 0 Å². The summed E-state index contributed by atoms with van der Waals surface area (Å²) in [5, 5.41) is 0. The largest absolute Gasteiger partial charge is 0.477 e. The van der Waals surface area contributed by atoms with Gasteiger partial charge < -0.3 is 10.5 Å². The van der Waals surface area contributed by atoms with Gasteiger partial charge in [0.2, 0.25) is 0 Å². The van der Waals surface area contributed by atoms with E-state index in [-0.39, 0.29) is 6.17 Å². The minimum absolute atomic E-state index is 0.0880. The van der Waals surface area contributed by atoms with E-state index in [1.807, 2.05) is 0 Å². The minimum Gasteiger partial charge on any atom is -0.477 e. The van der Waals surface area contributed by atoms with Crippen molar-refractivity contribution in [3.63, 3.8) is 0 Å². The van der Waals surface area contributed by atoms with Crippen LogP contribution in [0.4, 0.5) is 0 Å². The maximum atomic E-state index is 5.69. The van der Waals surface area contributed by atoms with Gasteiger partial charge in [-0.05, 0) is 37.5 Å². The van der Waals surface area contributed by atoms with E-state index in [1.54, 1.807) is 0 Å². The van der Waals surface area contributed by atoms with Gasteiger partial charge in [0.1, 0.15) is 12.8 Å². The van der Waals surface area contributed by atoms with Crippen LogP contribution in [0.1, 0.15) is 25.7 Å². The Kier molecular flexibility index (Phi) is 1.62. The molecule has 3 rings (SSSR count). The summed E-state index contributed by atoms with van der Waals surface area (Å²) in [6.45, 7) is 0.602. The lowest BCUT2D eigenvalue weighted by atomic mass is 9.98. The maximum absolute atomic E-state index is 5.69. The van der Waals surface area contributed by atoms with Gasteiger partial charge in [-0.3, -0.25) is 0 Å². The summed E-state index contributed by atoms with van der Waals surface area (Å²) < 4.78 is 5.55. The van der Waals surface area contributed by atoms with Crippen LogP contribution >= 0.6 is 0 Å². The van der Waals surface area contributed by atoms with E-state index in [4.69, 9.17) is 10.5 Å². The summed E-state index contributed by atoms with van der Waals surface area (Å²) in [5.41, 5.74) is 5.69. The van der Waals surface area contributed by atoms with E-state index in [0.29, 0.717) is 12.5 Å². The molecule has 2 saturated carbocycles. The third kappa shape index (κ3) is 1.46. The average Bonchev–Trinajstić information content (AvgIpc) is 2.95. The highest BCUT2D eigenvalue weighted by atomic mass is 16.5. The Bertz CT molecular complexity index is 231. The zero-order valence-electron chi connectivity index (χ0n) is 7.78. The van der Waals surface area contributed by atoms with Crippen LogP contribution in [0.2, 0.25) is 0 Å². The predicted molar refractivity (Wildman–Crippen MR) is 50.3 cm³/mol. The van der Waals surface area contributed by atoms with Gasteiger partial charge in [0.05, 0.1) is 0 Å². The van der Waals surface area contributed by atoms with Gasteiger partial charge in [-0.25, -0.2) is 4.99 Å². The number of rotatable bonds is 3. The molecule has 3 nitrogen and oxygen atoms in total. The lowest BCUT2D eigenvalue weighted by molar-refractivity contribution is 0.287. The number of hydrogen-bond acceptors (Lipinski definition) is 3. The van der Waals surface area contributed by atoms with Crippen LogP contribution in [0.5, 0.6) is 0 Å². The fourth-order valence-corrected chi connectivity index (χ4v) is 2.29. The number of hydrogen-bond donors (Lipinski definition) is 1. The van der Waals surface area contributed by atoms with Crippen LogP contribution < -0.4 is 5.73 Å². The lowest BCUT2D eigenvalue weighted by Crippen LogP contribution is -2.19. The zero-order chi connectivity index (χ0) is 8.84. The maximum Gasteiger partial charge on any atom is 0.188 e. The summed E-state index contributed by atoms with van der Waals surface area (Å²) in [7, 11) is 0. The Balaban J connectivity index is 1.75. The standard InChI is InChI=1S/C10H16N2O/c11-8-5-13-10(12-8)9(6-1-2-6)7-3-4-7/h6-9H,1-5,11H2. The number of nitrogens with zero attached hydrogens (tertiary/aromatic N) is 1. The Labute approximate surface area is 78.4 Å². The fraction of sp³-hybridized carbons (Fsp3) is 0.900. The quantitative estimate of drug-likeness (QED) is 0.708. The smallest absolute Gasteiger partial charge is 0.188 e. The van der Waals surface area contributed by atoms with Crippen molar-refractivity contribution < 1.29 is 4.74 Å². The first-order valence-electron chi connectivity index (χ1n) is 5.30. The molecule has 0 aromatic heterocycles. The first-order valence-corrected chi connectivity index (χ1v) is 5.30. The van der Waals surface area contributed by atoms with Crippen LogP contribution in [0.3, 0.4) is 0 Å². The molecule has 0 saturated heterocycles. The van der Waals surface area contributed by atoms with Gasteiger partial charge in [0, 0.05) is 5.92 Å². The number of ether oxygens (including phenoxy) is 1. The Hall–Kier alpha value is -0.570. The van der Waals surface area contributed by atoms with Gasteiger partial charge in [0.15, 0.2) is 5.90 Å². The molecule has 72 valence electrons. The second kappa shape index (κ2) is 2.71. The molecule has 0 aromatic rings. The minimum atomic E-state index is -0.0880. The van der Waals surface area contributed by atoms with Gasteiger partial charge >= 0.3 is 0 Å². The molecule has 2 N–H and O–H groups in total. The van der Waals surface area contributed by atoms with Gasteiger partial charge in [-0.15, -0.1) is 0 Å². The van der Waals surface area contributed by atoms with E-state index < -0.39 is 0 Å². The van der Waals surface area contributed by atoms with Gasteiger partial charge in [-0.2, -0.15) is 0 Å². The van der Waals surface area contributed by atoms with Crippen molar-refractivity contribution in [2.75, 3.05) is 6.61 Å². The Morgan fingerprint density at radius 2 is 1.85 bits per heavy atom. The summed E-state index contributed by atoms with van der Waals surface area (Å²) in [6, 6.07) is 0. The molecule has 3 heteroatoms. The normalized spacial score (nSPS) is 33.4. The molecule has 2 aliphatic carbocycles. The molecule has 1 unspecified atom stereocenters. The van der Waals surface area contributed by atoms with Gasteiger partial charge in [-0.1, -0.05) is 0 Å². The predicted octanol–water partition coefficient (Wildman–Crippen LogP) is 1.14. The topological polar surface area (TPSA) is 47.6 Å². The molecule has 0 radical (unpaired) electrons. The van der Waals surface area contributed by atoms with Crippen molar-refractivity contribution in [1.29, 1.82) is 0 Å². The zero-order valence-corrected chi connectivity index (χ0v) is 7.78. The summed E-state index contributed by atoms with van der Waals surface area (Å²) in [5.74, 6) is 3.36. The fourth-order valence-electron chi connectivity index (χ4n) is 2.29. The van der Waals surface area contributed by atoms with Crippen LogP contribution in [0, 0.1) is 17.8 Å². The van der Waals surface area contributed by atoms with Crippen molar-refractivity contribution >= 4 is 5.90 Å². The van der Waals surface area contributed by atoms with E-state index in [1.165, 1.54) is 25.7 Å². The highest BCUT2D eigenvalue weighted by Gasteiger charge is 2.46. The van der Waals surface area contributed by atoms with Crippen LogP contribution in [0.25, 0.3) is 0 Å². The second-order valence-electron chi connectivity index (χ2n) is 4.55. The summed E-state index contributed by atoms with van der Waals surface area (Å²) in [6.07, 6.45) is 5.41. The number of nitrogens with two attached hydrogens (primary N) is 1. The van der Waals surface area contributed by atoms with E-state index in [9.17, 15) is 0 Å². The van der Waals surface area contributed by atoms with Crippen molar-refractivity contribution in [1.82, 2.24) is 0 Å². The highest BCUT2D eigenvalue weighted by molar-refractivity contribution is 5.81. The lowest BCUT2D eigenvalue weighted by Gasteiger charge is -2.14. The Morgan fingerprint density at radius 3 is 2.23 bits per heavy atom. The van der Waals surface area contributed by atoms with Crippen LogP contribution in [-0.2, 0) is 4.74 Å². The monoisotopic (exact) mass is 180 g/mol. The number of aliphatic imine (C=N–C) groups is 1. The molecule has 3 aliphatic rings. The molecular weight excluding hydrogens is 164 g/mol. The van der Waals surface area contributed by atoms with E-state index in [0.717, 1.165) is 17.7 Å². The van der Waals surface area contributed by atoms with Crippen molar-refractivity contribution in [3.05, 3.63) is 0 Å². The molecule has 13 heavy (non-hydrogen) atoms. The SMILES string of the molecule is NC1COC(C(C2CC2)C2CC2)=N1. The molecule has 1 atom stereocenters. The molecule has 2 fully saturated rings. The third-order valence-corrected chi connectivity index (χ3v) is 3.24. The first kappa shape index (κ1) is 7.80. The highest BCUT2D eigenvalue weighted by Crippen LogP contribution is 2.50. The van der Waals surface area contributed by atoms with Crippen LogP contribution in [0.15, 0.2) is 4.99 Å². The third-order valence-electron chi connectivity index (χ3n) is 3.24. The Morgan fingerprint density at radius 1 is 1.23 bits per heavy atom. The molecule has 0 aromatic carbocycles. The van der Waals surface area contributed by atoms with Crippen molar-refractivity contribution in [3.8, 4) is 0 Å². The molecular formula is C10H16N2O. The van der Waals surface area contributed by atoms with E-state index in [2.05, 4.69) is 4.99 Å². The summed E-state index contributed by atoms with van der Waals surface area (Å²) in [4.78, 5) is 4.38. The molecule has 0 amide bonds. The van der Waals surface area contributed by atoms with Crippen LogP contribution in [-0.4, -0.2) is 18.7 Å². The molecule has 0 spiro atoms. The van der Waals surface area contributed by atoms with Crippen molar-refractivity contribution in [2.24, 2.45) is 28.5 Å². The second-order valence-corrected chi connectivity index (χ2v) is 4.55. The van der Waals surface area contributed by atoms with E-state index >= 15 is 0 Å². The average molecular weight is 180 g/mol. The van der Waals surface area contributed by atoms with Crippen molar-refractivity contribution in [2.45, 2.75) is 31.8 Å². The molecule has 1 aliphatic heterocycles.